The van der Waals surface area contributed by atoms with E-state index < -0.39 is 0 Å². The Morgan fingerprint density at radius 2 is 1.95 bits per heavy atom. The van der Waals surface area contributed by atoms with E-state index in [1.807, 2.05) is 11.3 Å². The van der Waals surface area contributed by atoms with Crippen molar-refractivity contribution in [2.24, 2.45) is 5.92 Å². The molecular weight excluding hydrogens is 262 g/mol. The summed E-state index contributed by atoms with van der Waals surface area (Å²) in [5.41, 5.74) is 2.78. The van der Waals surface area contributed by atoms with E-state index in [1.54, 1.807) is 0 Å². The minimum Gasteiger partial charge on any atom is -0.312 e. The highest BCUT2D eigenvalue weighted by molar-refractivity contribution is 7.15. The van der Waals surface area contributed by atoms with Gasteiger partial charge in [-0.1, -0.05) is 38.1 Å². The Bertz CT molecular complexity index is 581. The molecule has 0 amide bonds. The molecule has 1 aromatic heterocycles. The quantitative estimate of drug-likeness (QED) is 0.795. The molecule has 106 valence electrons. The van der Waals surface area contributed by atoms with Gasteiger partial charge in [0.05, 0.1) is 0 Å². The van der Waals surface area contributed by atoms with Crippen molar-refractivity contribution in [2.45, 2.75) is 38.6 Å². The first-order chi connectivity index (χ1) is 9.69. The molecule has 1 N–H and O–H groups in total. The molecule has 1 nitrogen and oxygen atoms in total. The van der Waals surface area contributed by atoms with Gasteiger partial charge in [-0.25, -0.2) is 0 Å². The summed E-state index contributed by atoms with van der Waals surface area (Å²) in [4.78, 5) is 2.88. The predicted octanol–water partition coefficient (Wildman–Crippen LogP) is 5.21. The molecule has 2 heteroatoms. The summed E-state index contributed by atoms with van der Waals surface area (Å²) in [5, 5.41) is 3.49. The minimum atomic E-state index is 0.557. The number of hydrogen-bond donors (Lipinski definition) is 1. The van der Waals surface area contributed by atoms with Crippen molar-refractivity contribution < 1.29 is 0 Å². The standard InChI is InChI=1S/C18H23NS/c1-12(2)14-5-4-6-15(11-14)16-9-10-17(20-16)18(19-3)13-7-8-13/h4-6,9-13,18-19H,7-8H2,1-3H3. The van der Waals surface area contributed by atoms with E-state index in [4.69, 9.17) is 0 Å². The normalized spacial score (nSPS) is 16.6. The molecule has 20 heavy (non-hydrogen) atoms. The Labute approximate surface area is 126 Å². The second-order valence-electron chi connectivity index (χ2n) is 6.09. The summed E-state index contributed by atoms with van der Waals surface area (Å²) < 4.78 is 0. The van der Waals surface area contributed by atoms with Crippen LogP contribution in [0.1, 0.15) is 49.1 Å². The van der Waals surface area contributed by atoms with E-state index in [1.165, 1.54) is 33.7 Å². The maximum atomic E-state index is 3.49. The summed E-state index contributed by atoms with van der Waals surface area (Å²) in [5.74, 6) is 1.44. The van der Waals surface area contributed by atoms with Crippen molar-refractivity contribution >= 4 is 11.3 Å². The van der Waals surface area contributed by atoms with Crippen LogP contribution in [0.2, 0.25) is 0 Å². The molecule has 2 aromatic rings. The Balaban J connectivity index is 1.87. The van der Waals surface area contributed by atoms with Gasteiger partial charge in [0.1, 0.15) is 0 Å². The molecule has 1 fully saturated rings. The third-order valence-corrected chi connectivity index (χ3v) is 5.39. The maximum absolute atomic E-state index is 3.49. The van der Waals surface area contributed by atoms with Crippen LogP contribution in [0.4, 0.5) is 0 Å². The molecule has 0 aliphatic heterocycles. The van der Waals surface area contributed by atoms with E-state index in [2.05, 4.69) is 62.6 Å². The van der Waals surface area contributed by atoms with Gasteiger partial charge in [-0.3, -0.25) is 0 Å². The van der Waals surface area contributed by atoms with Crippen LogP contribution in [-0.4, -0.2) is 7.05 Å². The third-order valence-electron chi connectivity index (χ3n) is 4.18. The lowest BCUT2D eigenvalue weighted by Gasteiger charge is -2.12. The van der Waals surface area contributed by atoms with Crippen LogP contribution in [0.5, 0.6) is 0 Å². The van der Waals surface area contributed by atoms with E-state index in [9.17, 15) is 0 Å². The average Bonchev–Trinajstić information content (AvgIpc) is 3.17. The molecule has 1 atom stereocenters. The first kappa shape index (κ1) is 13.8. The van der Waals surface area contributed by atoms with Crippen molar-refractivity contribution in [1.29, 1.82) is 0 Å². The van der Waals surface area contributed by atoms with Crippen LogP contribution in [0, 0.1) is 5.92 Å². The van der Waals surface area contributed by atoms with Gasteiger partial charge in [0, 0.05) is 15.8 Å². The fourth-order valence-electron chi connectivity index (χ4n) is 2.77. The van der Waals surface area contributed by atoms with Crippen LogP contribution >= 0.6 is 11.3 Å². The van der Waals surface area contributed by atoms with Gasteiger partial charge in [0.25, 0.3) is 0 Å². The molecule has 1 saturated carbocycles. The number of rotatable bonds is 5. The van der Waals surface area contributed by atoms with Crippen LogP contribution < -0.4 is 5.32 Å². The van der Waals surface area contributed by atoms with E-state index in [0.717, 1.165) is 5.92 Å². The van der Waals surface area contributed by atoms with Crippen LogP contribution in [-0.2, 0) is 0 Å². The second kappa shape index (κ2) is 5.71. The molecule has 1 unspecified atom stereocenters. The van der Waals surface area contributed by atoms with Gasteiger partial charge < -0.3 is 5.32 Å². The molecule has 0 bridgehead atoms. The Morgan fingerprint density at radius 1 is 1.15 bits per heavy atom. The fraction of sp³-hybridized carbons (Fsp3) is 0.444. The minimum absolute atomic E-state index is 0.557. The number of benzene rings is 1. The zero-order chi connectivity index (χ0) is 14.1. The van der Waals surface area contributed by atoms with Crippen LogP contribution in [0.25, 0.3) is 10.4 Å². The Morgan fingerprint density at radius 3 is 2.60 bits per heavy atom. The van der Waals surface area contributed by atoms with E-state index >= 15 is 0 Å². The van der Waals surface area contributed by atoms with Gasteiger partial charge in [0.15, 0.2) is 0 Å². The van der Waals surface area contributed by atoms with Gasteiger partial charge in [-0.05, 0) is 55.0 Å². The monoisotopic (exact) mass is 285 g/mol. The number of nitrogens with one attached hydrogen (secondary N) is 1. The first-order valence-electron chi connectivity index (χ1n) is 7.56. The summed E-state index contributed by atoms with van der Waals surface area (Å²) in [6, 6.07) is 14.1. The summed E-state index contributed by atoms with van der Waals surface area (Å²) in [6.45, 7) is 4.51. The molecule has 0 radical (unpaired) electrons. The average molecular weight is 285 g/mol. The SMILES string of the molecule is CNC(c1ccc(-c2cccc(C(C)C)c2)s1)C1CC1. The molecule has 1 heterocycles. The van der Waals surface area contributed by atoms with E-state index in [0.29, 0.717) is 12.0 Å². The number of thiophene rings is 1. The summed E-state index contributed by atoms with van der Waals surface area (Å²) in [6.07, 6.45) is 2.75. The Hall–Kier alpha value is -1.12. The van der Waals surface area contributed by atoms with Gasteiger partial charge in [-0.2, -0.15) is 0 Å². The van der Waals surface area contributed by atoms with E-state index in [-0.39, 0.29) is 0 Å². The highest BCUT2D eigenvalue weighted by atomic mass is 32.1. The smallest absolute Gasteiger partial charge is 0.0441 e. The zero-order valence-corrected chi connectivity index (χ0v) is 13.3. The maximum Gasteiger partial charge on any atom is 0.0441 e. The van der Waals surface area contributed by atoms with Crippen molar-refractivity contribution in [3.05, 3.63) is 46.8 Å². The zero-order valence-electron chi connectivity index (χ0n) is 12.5. The van der Waals surface area contributed by atoms with Crippen LogP contribution in [0.3, 0.4) is 0 Å². The van der Waals surface area contributed by atoms with Crippen molar-refractivity contribution in [3.8, 4) is 10.4 Å². The first-order valence-corrected chi connectivity index (χ1v) is 8.38. The third kappa shape index (κ3) is 2.82. The molecule has 0 spiro atoms. The lowest BCUT2D eigenvalue weighted by Crippen LogP contribution is -2.16. The van der Waals surface area contributed by atoms with Crippen molar-refractivity contribution in [3.63, 3.8) is 0 Å². The molecule has 1 aliphatic rings. The van der Waals surface area contributed by atoms with Gasteiger partial charge in [0.2, 0.25) is 0 Å². The lowest BCUT2D eigenvalue weighted by atomic mass is 10.0. The van der Waals surface area contributed by atoms with Crippen LogP contribution in [0.15, 0.2) is 36.4 Å². The highest BCUT2D eigenvalue weighted by Crippen LogP contribution is 2.44. The predicted molar refractivity (Wildman–Crippen MR) is 88.4 cm³/mol. The highest BCUT2D eigenvalue weighted by Gasteiger charge is 2.32. The summed E-state index contributed by atoms with van der Waals surface area (Å²) >= 11 is 1.94. The molecule has 0 saturated heterocycles. The Kier molecular flexibility index (Phi) is 3.95. The largest absolute Gasteiger partial charge is 0.312 e. The topological polar surface area (TPSA) is 12.0 Å². The molecule has 3 rings (SSSR count). The summed E-state index contributed by atoms with van der Waals surface area (Å²) in [7, 11) is 2.09. The van der Waals surface area contributed by atoms with Gasteiger partial charge in [-0.15, -0.1) is 11.3 Å². The second-order valence-corrected chi connectivity index (χ2v) is 7.20. The fourth-order valence-corrected chi connectivity index (χ4v) is 3.97. The van der Waals surface area contributed by atoms with Gasteiger partial charge >= 0.3 is 0 Å². The number of hydrogen-bond acceptors (Lipinski definition) is 2. The lowest BCUT2D eigenvalue weighted by molar-refractivity contribution is 0.537. The van der Waals surface area contributed by atoms with Crippen molar-refractivity contribution in [2.75, 3.05) is 7.05 Å². The van der Waals surface area contributed by atoms with Crippen molar-refractivity contribution in [1.82, 2.24) is 5.32 Å². The molecular formula is C18H23NS. The molecule has 1 aliphatic carbocycles. The molecule has 1 aromatic carbocycles.